The molecule has 0 radical (unpaired) electrons. The van der Waals surface area contributed by atoms with Gasteiger partial charge in [-0.1, -0.05) is 48.0 Å². The minimum Gasteiger partial charge on any atom is -0.340 e. The van der Waals surface area contributed by atoms with E-state index in [1.54, 1.807) is 16.7 Å². The predicted octanol–water partition coefficient (Wildman–Crippen LogP) is 4.13. The van der Waals surface area contributed by atoms with E-state index in [0.717, 1.165) is 10.5 Å². The van der Waals surface area contributed by atoms with Crippen LogP contribution in [0.3, 0.4) is 0 Å². The Morgan fingerprint density at radius 1 is 1.10 bits per heavy atom. The second-order valence-electron chi connectivity index (χ2n) is 5.25. The maximum Gasteiger partial charge on any atom is 0.235 e. The van der Waals surface area contributed by atoms with Crippen LogP contribution in [0.15, 0.2) is 59.5 Å². The Hall–Kier alpha value is -1.74. The molecule has 0 aliphatic heterocycles. The lowest BCUT2D eigenvalue weighted by atomic mass is 10.2. The summed E-state index contributed by atoms with van der Waals surface area (Å²) in [5.74, 6) is 0.157. The van der Waals surface area contributed by atoms with Crippen LogP contribution in [0.2, 0.25) is 0 Å². The lowest BCUT2D eigenvalue weighted by molar-refractivity contribution is -0.129. The summed E-state index contributed by atoms with van der Waals surface area (Å²) in [5, 5.41) is -0.0820. The quantitative estimate of drug-likeness (QED) is 0.774. The van der Waals surface area contributed by atoms with Crippen molar-refractivity contribution >= 4 is 17.7 Å². The topological polar surface area (TPSA) is 20.3 Å². The molecule has 0 heterocycles. The number of nitrogens with zero attached hydrogens (tertiary/aromatic N) is 1. The summed E-state index contributed by atoms with van der Waals surface area (Å²) in [6.07, 6.45) is 0. The highest BCUT2D eigenvalue weighted by molar-refractivity contribution is 8.00. The molecule has 1 amide bonds. The van der Waals surface area contributed by atoms with Gasteiger partial charge in [0.05, 0.1) is 5.25 Å². The molecule has 0 saturated heterocycles. The molecule has 2 aromatic carbocycles. The fraction of sp³-hybridized carbons (Fsp3) is 0.278. The van der Waals surface area contributed by atoms with E-state index in [1.807, 2.05) is 44.3 Å². The molecule has 2 rings (SSSR count). The molecule has 3 heteroatoms. The molecule has 1 atom stereocenters. The molecule has 0 fully saturated rings. The van der Waals surface area contributed by atoms with E-state index in [0.29, 0.717) is 6.54 Å². The van der Waals surface area contributed by atoms with E-state index in [-0.39, 0.29) is 11.2 Å². The van der Waals surface area contributed by atoms with Crippen molar-refractivity contribution in [2.24, 2.45) is 0 Å². The molecule has 0 aliphatic carbocycles. The van der Waals surface area contributed by atoms with Crippen LogP contribution < -0.4 is 0 Å². The first-order chi connectivity index (χ1) is 10.1. The highest BCUT2D eigenvalue weighted by atomic mass is 32.2. The SMILES string of the molecule is Cc1ccc(SC(C)C(=O)N(C)Cc2ccccc2)cc1. The van der Waals surface area contributed by atoms with Crippen LogP contribution in [0.5, 0.6) is 0 Å². The monoisotopic (exact) mass is 299 g/mol. The Bertz CT molecular complexity index is 580. The van der Waals surface area contributed by atoms with Gasteiger partial charge < -0.3 is 4.90 Å². The average Bonchev–Trinajstić information content (AvgIpc) is 2.49. The number of aryl methyl sites for hydroxylation is 1. The molecule has 2 aromatic rings. The molecule has 21 heavy (non-hydrogen) atoms. The summed E-state index contributed by atoms with van der Waals surface area (Å²) in [7, 11) is 1.86. The fourth-order valence-corrected chi connectivity index (χ4v) is 3.10. The first-order valence-electron chi connectivity index (χ1n) is 7.08. The molecular weight excluding hydrogens is 278 g/mol. The van der Waals surface area contributed by atoms with Crippen LogP contribution in [0, 0.1) is 6.92 Å². The molecule has 2 nitrogen and oxygen atoms in total. The van der Waals surface area contributed by atoms with Crippen molar-refractivity contribution in [2.75, 3.05) is 7.05 Å². The smallest absolute Gasteiger partial charge is 0.235 e. The van der Waals surface area contributed by atoms with E-state index in [4.69, 9.17) is 0 Å². The van der Waals surface area contributed by atoms with Crippen molar-refractivity contribution in [3.63, 3.8) is 0 Å². The Morgan fingerprint density at radius 2 is 1.71 bits per heavy atom. The highest BCUT2D eigenvalue weighted by Gasteiger charge is 2.18. The summed E-state index contributed by atoms with van der Waals surface area (Å²) in [6, 6.07) is 18.4. The Balaban J connectivity index is 1.93. The van der Waals surface area contributed by atoms with Gasteiger partial charge in [0.25, 0.3) is 0 Å². The van der Waals surface area contributed by atoms with Crippen molar-refractivity contribution in [3.8, 4) is 0 Å². The van der Waals surface area contributed by atoms with E-state index in [1.165, 1.54) is 5.56 Å². The van der Waals surface area contributed by atoms with Crippen LogP contribution in [0.4, 0.5) is 0 Å². The summed E-state index contributed by atoms with van der Waals surface area (Å²) in [5.41, 5.74) is 2.39. The van der Waals surface area contributed by atoms with E-state index in [9.17, 15) is 4.79 Å². The zero-order chi connectivity index (χ0) is 15.2. The third-order valence-electron chi connectivity index (χ3n) is 3.32. The first-order valence-corrected chi connectivity index (χ1v) is 7.96. The summed E-state index contributed by atoms with van der Waals surface area (Å²) < 4.78 is 0. The number of carbonyl (C=O) groups excluding carboxylic acids is 1. The van der Waals surface area contributed by atoms with Gasteiger partial charge in [-0.05, 0) is 31.5 Å². The summed E-state index contributed by atoms with van der Waals surface area (Å²) >= 11 is 1.61. The van der Waals surface area contributed by atoms with Crippen LogP contribution in [0.25, 0.3) is 0 Å². The van der Waals surface area contributed by atoms with Gasteiger partial charge in [0.15, 0.2) is 0 Å². The van der Waals surface area contributed by atoms with Crippen LogP contribution in [-0.4, -0.2) is 23.1 Å². The summed E-state index contributed by atoms with van der Waals surface area (Å²) in [6.45, 7) is 4.68. The maximum atomic E-state index is 12.4. The second-order valence-corrected chi connectivity index (χ2v) is 6.67. The normalized spacial score (nSPS) is 12.0. The average molecular weight is 299 g/mol. The zero-order valence-corrected chi connectivity index (χ0v) is 13.6. The molecule has 0 aliphatic rings. The van der Waals surface area contributed by atoms with Crippen LogP contribution in [0.1, 0.15) is 18.1 Å². The van der Waals surface area contributed by atoms with Crippen molar-refractivity contribution in [1.82, 2.24) is 4.90 Å². The van der Waals surface area contributed by atoms with Crippen molar-refractivity contribution in [1.29, 1.82) is 0 Å². The molecule has 110 valence electrons. The number of benzene rings is 2. The molecular formula is C18H21NOS. The summed E-state index contributed by atoms with van der Waals surface area (Å²) in [4.78, 5) is 15.4. The van der Waals surface area contributed by atoms with E-state index < -0.39 is 0 Å². The lowest BCUT2D eigenvalue weighted by Crippen LogP contribution is -2.32. The van der Waals surface area contributed by atoms with E-state index in [2.05, 4.69) is 31.2 Å². The van der Waals surface area contributed by atoms with Crippen molar-refractivity contribution in [3.05, 3.63) is 65.7 Å². The van der Waals surface area contributed by atoms with Gasteiger partial charge in [0.1, 0.15) is 0 Å². The van der Waals surface area contributed by atoms with E-state index >= 15 is 0 Å². The van der Waals surface area contributed by atoms with Crippen LogP contribution in [-0.2, 0) is 11.3 Å². The first kappa shape index (κ1) is 15.6. The van der Waals surface area contributed by atoms with Crippen LogP contribution >= 0.6 is 11.8 Å². The van der Waals surface area contributed by atoms with Crippen molar-refractivity contribution in [2.45, 2.75) is 30.5 Å². The third-order valence-corrected chi connectivity index (χ3v) is 4.42. The van der Waals surface area contributed by atoms with Gasteiger partial charge in [0, 0.05) is 18.5 Å². The number of thioether (sulfide) groups is 1. The van der Waals surface area contributed by atoms with Gasteiger partial charge in [0.2, 0.25) is 5.91 Å². The molecule has 0 spiro atoms. The highest BCUT2D eigenvalue weighted by Crippen LogP contribution is 2.24. The fourth-order valence-electron chi connectivity index (χ4n) is 2.12. The Labute approximate surface area is 131 Å². The standard InChI is InChI=1S/C18H21NOS/c1-14-9-11-17(12-10-14)21-15(2)18(20)19(3)13-16-7-5-4-6-8-16/h4-12,15H,13H2,1-3H3. The minimum absolute atomic E-state index is 0.0820. The largest absolute Gasteiger partial charge is 0.340 e. The number of amides is 1. The molecule has 0 N–H and O–H groups in total. The van der Waals surface area contributed by atoms with Gasteiger partial charge in [-0.15, -0.1) is 11.8 Å². The van der Waals surface area contributed by atoms with Crippen molar-refractivity contribution < 1.29 is 4.79 Å². The van der Waals surface area contributed by atoms with Gasteiger partial charge >= 0.3 is 0 Å². The number of hydrogen-bond acceptors (Lipinski definition) is 2. The lowest BCUT2D eigenvalue weighted by Gasteiger charge is -2.21. The molecule has 1 unspecified atom stereocenters. The number of carbonyl (C=O) groups is 1. The second kappa shape index (κ2) is 7.32. The number of hydrogen-bond donors (Lipinski definition) is 0. The predicted molar refractivity (Wildman–Crippen MR) is 89.4 cm³/mol. The minimum atomic E-state index is -0.0820. The molecule has 0 aromatic heterocycles. The molecule has 0 saturated carbocycles. The third kappa shape index (κ3) is 4.64. The Kier molecular flexibility index (Phi) is 5.45. The zero-order valence-electron chi connectivity index (χ0n) is 12.7. The van der Waals surface area contributed by atoms with Gasteiger partial charge in [-0.3, -0.25) is 4.79 Å². The maximum absolute atomic E-state index is 12.4. The molecule has 0 bridgehead atoms. The van der Waals surface area contributed by atoms with Gasteiger partial charge in [-0.25, -0.2) is 0 Å². The van der Waals surface area contributed by atoms with Gasteiger partial charge in [-0.2, -0.15) is 0 Å². The Morgan fingerprint density at radius 3 is 2.33 bits per heavy atom. The number of rotatable bonds is 5.